The predicted octanol–water partition coefficient (Wildman–Crippen LogP) is 2.07. The molecule has 3 heteroatoms. The van der Waals surface area contributed by atoms with Gasteiger partial charge in [0.1, 0.15) is 0 Å². The van der Waals surface area contributed by atoms with Crippen LogP contribution in [0, 0.1) is 0 Å². The van der Waals surface area contributed by atoms with Crippen LogP contribution in [0.5, 0.6) is 0 Å². The Labute approximate surface area is 71.1 Å². The molecular formula is C7H11NS2. The third-order valence-corrected chi connectivity index (χ3v) is 2.59. The van der Waals surface area contributed by atoms with E-state index in [-0.39, 0.29) is 0 Å². The fourth-order valence-electron chi connectivity index (χ4n) is 0.719. The van der Waals surface area contributed by atoms with E-state index in [1.165, 1.54) is 4.88 Å². The number of hydrogen-bond donors (Lipinski definition) is 1. The van der Waals surface area contributed by atoms with Crippen molar-refractivity contribution in [1.29, 1.82) is 0 Å². The minimum Gasteiger partial charge on any atom is -0.292 e. The number of thiophene rings is 1. The quantitative estimate of drug-likeness (QED) is 0.541. The van der Waals surface area contributed by atoms with E-state index >= 15 is 0 Å². The summed E-state index contributed by atoms with van der Waals surface area (Å²) >= 11 is 5.95. The molecule has 0 aliphatic rings. The van der Waals surface area contributed by atoms with Gasteiger partial charge in [0.15, 0.2) is 0 Å². The lowest BCUT2D eigenvalue weighted by Crippen LogP contribution is -2.14. The molecule has 0 amide bonds. The summed E-state index contributed by atoms with van der Waals surface area (Å²) in [5.41, 5.74) is 0. The summed E-state index contributed by atoms with van der Waals surface area (Å²) in [5, 5.41) is 2.10. The largest absolute Gasteiger partial charge is 0.292 e. The lowest BCUT2D eigenvalue weighted by atomic mass is 10.4. The van der Waals surface area contributed by atoms with Crippen molar-refractivity contribution in [1.82, 2.24) is 4.90 Å². The first kappa shape index (κ1) is 8.11. The standard InChI is InChI=1S/C7H11NS2/c1-8(6-9)5-7-3-2-4-10-7/h2-4,9H,5-6H2,1H3. The summed E-state index contributed by atoms with van der Waals surface area (Å²) in [5.74, 6) is 0.817. The molecule has 0 radical (unpaired) electrons. The molecule has 0 aromatic carbocycles. The topological polar surface area (TPSA) is 3.24 Å². The molecule has 10 heavy (non-hydrogen) atoms. The van der Waals surface area contributed by atoms with E-state index < -0.39 is 0 Å². The van der Waals surface area contributed by atoms with Gasteiger partial charge in [0.25, 0.3) is 0 Å². The zero-order valence-corrected chi connectivity index (χ0v) is 7.66. The Morgan fingerprint density at radius 1 is 1.70 bits per heavy atom. The fourth-order valence-corrected chi connectivity index (χ4v) is 1.60. The van der Waals surface area contributed by atoms with Crippen molar-refractivity contribution >= 4 is 24.0 Å². The van der Waals surface area contributed by atoms with Crippen LogP contribution in [-0.2, 0) is 6.54 Å². The molecule has 1 rings (SSSR count). The second kappa shape index (κ2) is 4.01. The van der Waals surface area contributed by atoms with Crippen LogP contribution in [0.2, 0.25) is 0 Å². The van der Waals surface area contributed by atoms with Gasteiger partial charge >= 0.3 is 0 Å². The van der Waals surface area contributed by atoms with Crippen molar-refractivity contribution in [2.75, 3.05) is 12.9 Å². The van der Waals surface area contributed by atoms with Gasteiger partial charge < -0.3 is 0 Å². The molecule has 0 atom stereocenters. The van der Waals surface area contributed by atoms with Crippen LogP contribution in [0.25, 0.3) is 0 Å². The van der Waals surface area contributed by atoms with Crippen molar-refractivity contribution < 1.29 is 0 Å². The van der Waals surface area contributed by atoms with Crippen LogP contribution in [0.1, 0.15) is 4.88 Å². The zero-order chi connectivity index (χ0) is 7.40. The number of nitrogens with zero attached hydrogens (tertiary/aromatic N) is 1. The molecule has 0 N–H and O–H groups in total. The van der Waals surface area contributed by atoms with E-state index in [9.17, 15) is 0 Å². The van der Waals surface area contributed by atoms with Gasteiger partial charge in [-0.3, -0.25) is 4.90 Å². The minimum absolute atomic E-state index is 0.817. The maximum Gasteiger partial charge on any atom is 0.0415 e. The van der Waals surface area contributed by atoms with Gasteiger partial charge in [-0.05, 0) is 18.5 Å². The molecule has 1 nitrogen and oxygen atoms in total. The maximum absolute atomic E-state index is 4.16. The number of hydrogen-bond acceptors (Lipinski definition) is 3. The summed E-state index contributed by atoms with van der Waals surface area (Å²) in [6.45, 7) is 1.02. The van der Waals surface area contributed by atoms with Crippen molar-refractivity contribution in [2.45, 2.75) is 6.54 Å². The van der Waals surface area contributed by atoms with Crippen LogP contribution >= 0.6 is 24.0 Å². The van der Waals surface area contributed by atoms with Crippen molar-refractivity contribution in [2.24, 2.45) is 0 Å². The maximum atomic E-state index is 4.16. The highest BCUT2D eigenvalue weighted by Gasteiger charge is 1.96. The summed E-state index contributed by atoms with van der Waals surface area (Å²) in [4.78, 5) is 3.56. The summed E-state index contributed by atoms with van der Waals surface area (Å²) < 4.78 is 0. The van der Waals surface area contributed by atoms with Crippen LogP contribution in [0.15, 0.2) is 17.5 Å². The fraction of sp³-hybridized carbons (Fsp3) is 0.429. The van der Waals surface area contributed by atoms with E-state index in [1.807, 2.05) is 0 Å². The number of rotatable bonds is 3. The van der Waals surface area contributed by atoms with Gasteiger partial charge in [-0.15, -0.1) is 11.3 Å². The predicted molar refractivity (Wildman–Crippen MR) is 49.6 cm³/mol. The van der Waals surface area contributed by atoms with Crippen LogP contribution in [0.4, 0.5) is 0 Å². The Hall–Kier alpha value is 0.01000. The van der Waals surface area contributed by atoms with Gasteiger partial charge in [-0.2, -0.15) is 12.6 Å². The smallest absolute Gasteiger partial charge is 0.0415 e. The average Bonchev–Trinajstić information content (AvgIpc) is 2.40. The Bertz CT molecular complexity index is 172. The molecule has 0 aliphatic heterocycles. The average molecular weight is 173 g/mol. The van der Waals surface area contributed by atoms with Gasteiger partial charge in [0.2, 0.25) is 0 Å². The monoisotopic (exact) mass is 173 g/mol. The first-order valence-electron chi connectivity index (χ1n) is 3.14. The molecule has 0 bridgehead atoms. The highest BCUT2D eigenvalue weighted by Crippen LogP contribution is 2.10. The molecule has 0 spiro atoms. The van der Waals surface area contributed by atoms with Crippen molar-refractivity contribution in [3.8, 4) is 0 Å². The molecule has 0 saturated carbocycles. The normalized spacial score (nSPS) is 10.7. The number of thiol groups is 1. The molecule has 56 valence electrons. The minimum atomic E-state index is 0.817. The third-order valence-electron chi connectivity index (χ3n) is 1.25. The molecule has 0 unspecified atom stereocenters. The molecule has 1 heterocycles. The molecular weight excluding hydrogens is 162 g/mol. The second-order valence-electron chi connectivity index (χ2n) is 2.23. The zero-order valence-electron chi connectivity index (χ0n) is 5.95. The van der Waals surface area contributed by atoms with E-state index in [4.69, 9.17) is 0 Å². The Morgan fingerprint density at radius 3 is 3.00 bits per heavy atom. The Morgan fingerprint density at radius 2 is 2.50 bits per heavy atom. The summed E-state index contributed by atoms with van der Waals surface area (Å²) in [6.07, 6.45) is 0. The van der Waals surface area contributed by atoms with E-state index in [0.717, 1.165) is 12.4 Å². The van der Waals surface area contributed by atoms with Gasteiger partial charge in [-0.25, -0.2) is 0 Å². The van der Waals surface area contributed by atoms with Crippen LogP contribution < -0.4 is 0 Å². The summed E-state index contributed by atoms with van der Waals surface area (Å²) in [7, 11) is 2.06. The van der Waals surface area contributed by atoms with Crippen molar-refractivity contribution in [3.63, 3.8) is 0 Å². The van der Waals surface area contributed by atoms with Gasteiger partial charge in [0.05, 0.1) is 0 Å². The SMILES string of the molecule is CN(CS)Cc1cccs1. The van der Waals surface area contributed by atoms with Gasteiger partial charge in [-0.1, -0.05) is 6.07 Å². The van der Waals surface area contributed by atoms with E-state index in [1.54, 1.807) is 11.3 Å². The van der Waals surface area contributed by atoms with E-state index in [0.29, 0.717) is 0 Å². The Kier molecular flexibility index (Phi) is 3.25. The first-order valence-corrected chi connectivity index (χ1v) is 4.66. The highest BCUT2D eigenvalue weighted by atomic mass is 32.1. The first-order chi connectivity index (χ1) is 4.83. The molecule has 0 saturated heterocycles. The lowest BCUT2D eigenvalue weighted by Gasteiger charge is -2.10. The van der Waals surface area contributed by atoms with Crippen molar-refractivity contribution in [3.05, 3.63) is 22.4 Å². The molecule has 0 aliphatic carbocycles. The summed E-state index contributed by atoms with van der Waals surface area (Å²) in [6, 6.07) is 4.22. The lowest BCUT2D eigenvalue weighted by molar-refractivity contribution is 0.391. The molecule has 1 aromatic heterocycles. The van der Waals surface area contributed by atoms with Gasteiger partial charge in [0, 0.05) is 17.3 Å². The van der Waals surface area contributed by atoms with Crippen LogP contribution in [-0.4, -0.2) is 17.8 Å². The second-order valence-corrected chi connectivity index (χ2v) is 3.55. The Balaban J connectivity index is 2.40. The third kappa shape index (κ3) is 2.33. The van der Waals surface area contributed by atoms with E-state index in [2.05, 4.69) is 42.1 Å². The molecule has 1 aromatic rings. The van der Waals surface area contributed by atoms with Crippen LogP contribution in [0.3, 0.4) is 0 Å². The highest BCUT2D eigenvalue weighted by molar-refractivity contribution is 7.80. The molecule has 0 fully saturated rings.